The van der Waals surface area contributed by atoms with E-state index in [0.717, 1.165) is 29.2 Å². The number of benzene rings is 2. The highest BCUT2D eigenvalue weighted by atomic mass is 16.1. The van der Waals surface area contributed by atoms with Crippen molar-refractivity contribution in [2.45, 2.75) is 100 Å². The normalized spacial score (nSPS) is 9.54. The van der Waals surface area contributed by atoms with Crippen LogP contribution in [0.15, 0.2) is 67.8 Å². The van der Waals surface area contributed by atoms with Gasteiger partial charge < -0.3 is 15.8 Å². The second-order valence-electron chi connectivity index (χ2n) is 9.38. The first kappa shape index (κ1) is 44.5. The smallest absolute Gasteiger partial charge is 0.248 e. The molecular weight excluding hydrogens is 508 g/mol. The zero-order chi connectivity index (χ0) is 32.8. The van der Waals surface area contributed by atoms with Gasteiger partial charge in [-0.3, -0.25) is 9.59 Å². The summed E-state index contributed by atoms with van der Waals surface area (Å²) in [5, 5.41) is 3.04. The minimum atomic E-state index is -0.351. The zero-order valence-corrected chi connectivity index (χ0v) is 27.8. The molecule has 0 radical (unpaired) electrons. The van der Waals surface area contributed by atoms with Crippen LogP contribution in [0.2, 0.25) is 0 Å². The molecule has 2 aromatic rings. The molecule has 232 valence electrons. The van der Waals surface area contributed by atoms with Crippen molar-refractivity contribution >= 4 is 24.2 Å². The van der Waals surface area contributed by atoms with Crippen molar-refractivity contribution in [1.82, 2.24) is 0 Å². The van der Waals surface area contributed by atoms with Crippen LogP contribution in [0.4, 0.5) is 5.69 Å². The largest absolute Gasteiger partial charge is 0.388 e. The van der Waals surface area contributed by atoms with Crippen LogP contribution in [-0.2, 0) is 4.79 Å². The van der Waals surface area contributed by atoms with Gasteiger partial charge in [0.2, 0.25) is 5.91 Å². The summed E-state index contributed by atoms with van der Waals surface area (Å²) in [6, 6.07) is 13.5. The standard InChI is InChI=1S/C16H25NO.C10H13NO.C4H8.C3H6.C2H6.CH2O/c1-4-5-13(7-6-12(2)3)14-8-10-15(11-9-14)16(17)18;1-7-4-5-9(8(2)12)6-10(7)11-3;1-3-4-2;1-3-2;2*1-2/h8-13H,4-7H2,1-3H3,(H2,17,18);4-6,11H,1-3H3;3H,1,4H2,2H3;3H,1H2,2H3;1-2H3;1H2. The fourth-order valence-electron chi connectivity index (χ4n) is 3.39. The van der Waals surface area contributed by atoms with Crippen molar-refractivity contribution in [3.63, 3.8) is 0 Å². The molecule has 0 bridgehead atoms. The highest BCUT2D eigenvalue weighted by Gasteiger charge is 2.12. The lowest BCUT2D eigenvalue weighted by Gasteiger charge is -2.18. The summed E-state index contributed by atoms with van der Waals surface area (Å²) in [6.07, 6.45) is 9.59. The van der Waals surface area contributed by atoms with Crippen molar-refractivity contribution in [1.29, 1.82) is 0 Å². The molecule has 0 saturated heterocycles. The van der Waals surface area contributed by atoms with Crippen LogP contribution in [0.1, 0.15) is 125 Å². The minimum absolute atomic E-state index is 0.103. The average Bonchev–Trinajstić information content (AvgIpc) is 2.98. The van der Waals surface area contributed by atoms with E-state index >= 15 is 0 Å². The molecule has 1 amide bonds. The summed E-state index contributed by atoms with van der Waals surface area (Å²) in [7, 11) is 1.85. The summed E-state index contributed by atoms with van der Waals surface area (Å²) < 4.78 is 0. The summed E-state index contributed by atoms with van der Waals surface area (Å²) in [6.45, 7) is 27.1. The molecule has 1 unspecified atom stereocenters. The van der Waals surface area contributed by atoms with E-state index in [9.17, 15) is 9.59 Å². The Labute approximate surface area is 252 Å². The van der Waals surface area contributed by atoms with E-state index < -0.39 is 0 Å². The van der Waals surface area contributed by atoms with E-state index in [-0.39, 0.29) is 11.7 Å². The Bertz CT molecular complexity index is 934. The molecule has 0 heterocycles. The molecule has 0 aliphatic carbocycles. The number of carbonyl (C=O) groups excluding carboxylic acids is 3. The molecule has 3 N–H and O–H groups in total. The molecule has 41 heavy (non-hydrogen) atoms. The van der Waals surface area contributed by atoms with Crippen molar-refractivity contribution in [3.8, 4) is 0 Å². The topological polar surface area (TPSA) is 89.3 Å². The molecule has 2 rings (SSSR count). The number of nitrogens with two attached hydrogens (primary N) is 1. The first-order valence-electron chi connectivity index (χ1n) is 14.7. The number of amides is 1. The van der Waals surface area contributed by atoms with Gasteiger partial charge in [0.25, 0.3) is 0 Å². The average molecular weight is 569 g/mol. The van der Waals surface area contributed by atoms with Crippen LogP contribution < -0.4 is 11.1 Å². The molecule has 0 saturated carbocycles. The van der Waals surface area contributed by atoms with Crippen LogP contribution in [0, 0.1) is 12.8 Å². The first-order valence-corrected chi connectivity index (χ1v) is 14.7. The third-order valence-corrected chi connectivity index (χ3v) is 5.60. The predicted octanol–water partition coefficient (Wildman–Crippen LogP) is 9.96. The number of anilines is 1. The van der Waals surface area contributed by atoms with E-state index in [1.54, 1.807) is 13.0 Å². The van der Waals surface area contributed by atoms with Crippen LogP contribution in [-0.4, -0.2) is 25.5 Å². The lowest BCUT2D eigenvalue weighted by molar-refractivity contribution is -0.0980. The van der Waals surface area contributed by atoms with Gasteiger partial charge in [-0.05, 0) is 81.2 Å². The molecule has 0 spiro atoms. The number of primary amides is 1. The number of hydrogen-bond donors (Lipinski definition) is 2. The summed E-state index contributed by atoms with van der Waals surface area (Å²) in [5.74, 6) is 1.11. The Morgan fingerprint density at radius 1 is 0.927 bits per heavy atom. The monoisotopic (exact) mass is 568 g/mol. The fraction of sp³-hybridized carbons (Fsp3) is 0.472. The lowest BCUT2D eigenvalue weighted by Crippen LogP contribution is -2.11. The van der Waals surface area contributed by atoms with Gasteiger partial charge >= 0.3 is 0 Å². The quantitative estimate of drug-likeness (QED) is 0.220. The Hall–Kier alpha value is -3.47. The van der Waals surface area contributed by atoms with Crippen LogP contribution in [0.3, 0.4) is 0 Å². The molecule has 0 aromatic heterocycles. The van der Waals surface area contributed by atoms with Crippen molar-refractivity contribution < 1.29 is 14.4 Å². The van der Waals surface area contributed by atoms with Crippen LogP contribution in [0.25, 0.3) is 0 Å². The fourth-order valence-corrected chi connectivity index (χ4v) is 3.39. The van der Waals surface area contributed by atoms with Crippen molar-refractivity contribution in [3.05, 3.63) is 90.0 Å². The van der Waals surface area contributed by atoms with E-state index in [1.165, 1.54) is 31.2 Å². The SMILES string of the molecule is C=CC.C=CCC.C=O.CC.CCCC(CCC(C)C)c1ccc(C(N)=O)cc1.CNc1cc(C(C)=O)ccc1C. The predicted molar refractivity (Wildman–Crippen MR) is 182 cm³/mol. The Morgan fingerprint density at radius 3 is 1.73 bits per heavy atom. The number of carbonyl (C=O) groups is 3. The molecular formula is C36H60N2O3. The van der Waals surface area contributed by atoms with Crippen LogP contribution >= 0.6 is 0 Å². The highest BCUT2D eigenvalue weighted by molar-refractivity contribution is 5.95. The van der Waals surface area contributed by atoms with E-state index in [4.69, 9.17) is 10.5 Å². The van der Waals surface area contributed by atoms with Gasteiger partial charge in [0.15, 0.2) is 5.78 Å². The number of rotatable bonds is 10. The van der Waals surface area contributed by atoms with E-state index in [1.807, 2.05) is 77.9 Å². The summed E-state index contributed by atoms with van der Waals surface area (Å²) in [5.41, 5.74) is 10.1. The number of Topliss-reactive ketones (excluding diaryl/α,β-unsaturated/α-hetero) is 1. The van der Waals surface area contributed by atoms with Crippen LogP contribution in [0.5, 0.6) is 0 Å². The maximum atomic E-state index is 11.0. The van der Waals surface area contributed by atoms with Gasteiger partial charge in [-0.15, -0.1) is 13.2 Å². The molecule has 2 aromatic carbocycles. The number of ketones is 1. The summed E-state index contributed by atoms with van der Waals surface area (Å²) >= 11 is 0. The van der Waals surface area contributed by atoms with Gasteiger partial charge in [0.1, 0.15) is 6.79 Å². The number of nitrogens with one attached hydrogen (secondary N) is 1. The second-order valence-corrected chi connectivity index (χ2v) is 9.38. The number of aryl methyl sites for hydroxylation is 1. The third kappa shape index (κ3) is 24.1. The van der Waals surface area contributed by atoms with Gasteiger partial charge in [0.05, 0.1) is 0 Å². The first-order chi connectivity index (χ1) is 19.5. The van der Waals surface area contributed by atoms with Crippen molar-refractivity contribution in [2.75, 3.05) is 12.4 Å². The molecule has 5 nitrogen and oxygen atoms in total. The Kier molecular flexibility index (Phi) is 33.7. The maximum Gasteiger partial charge on any atom is 0.248 e. The van der Waals surface area contributed by atoms with E-state index in [2.05, 4.69) is 58.3 Å². The van der Waals surface area contributed by atoms with Gasteiger partial charge in [-0.25, -0.2) is 0 Å². The summed E-state index contributed by atoms with van der Waals surface area (Å²) in [4.78, 5) is 30.0. The molecule has 0 fully saturated rings. The third-order valence-electron chi connectivity index (χ3n) is 5.60. The van der Waals surface area contributed by atoms with Crippen molar-refractivity contribution in [2.24, 2.45) is 11.7 Å². The number of hydrogen-bond acceptors (Lipinski definition) is 4. The highest BCUT2D eigenvalue weighted by Crippen LogP contribution is 2.28. The zero-order valence-electron chi connectivity index (χ0n) is 27.8. The minimum Gasteiger partial charge on any atom is -0.388 e. The van der Waals surface area contributed by atoms with E-state index in [0.29, 0.717) is 11.5 Å². The number of allylic oxidation sites excluding steroid dienone is 2. The second kappa shape index (κ2) is 31.1. The molecule has 0 aliphatic heterocycles. The Morgan fingerprint density at radius 2 is 1.39 bits per heavy atom. The molecule has 5 heteroatoms. The Balaban J connectivity index is -0.000000256. The van der Waals surface area contributed by atoms with Gasteiger partial charge in [-0.1, -0.05) is 90.8 Å². The maximum absolute atomic E-state index is 11.0. The van der Waals surface area contributed by atoms with Gasteiger partial charge in [0, 0.05) is 23.9 Å². The van der Waals surface area contributed by atoms with Gasteiger partial charge in [-0.2, -0.15) is 0 Å². The molecule has 1 atom stereocenters. The molecule has 0 aliphatic rings. The lowest BCUT2D eigenvalue weighted by atomic mass is 9.87.